The molecule has 5 atom stereocenters. The first kappa shape index (κ1) is 34.1. The molecule has 3 rings (SSSR count). The summed E-state index contributed by atoms with van der Waals surface area (Å²) < 4.78 is 27.2. The third-order valence-corrected chi connectivity index (χ3v) is 9.74. The van der Waals surface area contributed by atoms with Crippen molar-refractivity contribution in [3.63, 3.8) is 0 Å². The fourth-order valence-corrected chi connectivity index (χ4v) is 6.72. The Bertz CT molecular complexity index is 1350. The smallest absolute Gasteiger partial charge is 0.306 e. The molecule has 1 saturated carbocycles. The molecule has 0 aliphatic heterocycles. The number of nitrogens with one attached hydrogen (secondary N) is 2. The van der Waals surface area contributed by atoms with E-state index >= 15 is 0 Å². The number of amides is 2. The number of carbonyl (C=O) groups excluding carboxylic acids is 2. The maximum Gasteiger partial charge on any atom is 0.306 e. The maximum absolute atomic E-state index is 13.3. The highest BCUT2D eigenvalue weighted by Crippen LogP contribution is 2.26. The highest BCUT2D eigenvalue weighted by molar-refractivity contribution is 7.92. The Kier molecular flexibility index (Phi) is 12.1. The molecule has 2 amide bonds. The molecule has 0 aromatic heterocycles. The lowest BCUT2D eigenvalue weighted by Gasteiger charge is -2.30. The molecule has 4 unspecified atom stereocenters. The van der Waals surface area contributed by atoms with Crippen molar-refractivity contribution in [2.45, 2.75) is 83.2 Å². The van der Waals surface area contributed by atoms with Crippen molar-refractivity contribution in [2.24, 2.45) is 17.8 Å². The number of carboxylic acid groups (broad SMARTS) is 1. The van der Waals surface area contributed by atoms with Gasteiger partial charge in [-0.1, -0.05) is 63.6 Å². The van der Waals surface area contributed by atoms with Gasteiger partial charge < -0.3 is 20.8 Å². The summed E-state index contributed by atoms with van der Waals surface area (Å²) in [6.07, 6.45) is 2.02. The van der Waals surface area contributed by atoms with E-state index in [4.69, 9.17) is 0 Å². The van der Waals surface area contributed by atoms with Crippen LogP contribution in [0.5, 0.6) is 0 Å². The van der Waals surface area contributed by atoms with E-state index in [1.54, 1.807) is 49.4 Å². The Labute approximate surface area is 254 Å². The minimum absolute atomic E-state index is 0.110. The number of rotatable bonds is 14. The molecule has 0 radical (unpaired) electrons. The first-order valence-corrected chi connectivity index (χ1v) is 16.5. The lowest BCUT2D eigenvalue weighted by atomic mass is 9.85. The van der Waals surface area contributed by atoms with E-state index in [9.17, 15) is 33.0 Å². The predicted molar refractivity (Wildman–Crippen MR) is 166 cm³/mol. The Balaban J connectivity index is 1.65. The van der Waals surface area contributed by atoms with Crippen molar-refractivity contribution < 1.29 is 33.0 Å². The van der Waals surface area contributed by atoms with Crippen molar-refractivity contribution in [1.82, 2.24) is 10.6 Å². The van der Waals surface area contributed by atoms with Crippen LogP contribution in [0.4, 0.5) is 5.69 Å². The Morgan fingerprint density at radius 3 is 2.35 bits per heavy atom. The zero-order valence-corrected chi connectivity index (χ0v) is 26.2. The average molecular weight is 616 g/mol. The van der Waals surface area contributed by atoms with Crippen LogP contribution in [0, 0.1) is 17.8 Å². The van der Waals surface area contributed by atoms with E-state index in [0.717, 1.165) is 17.1 Å². The average Bonchev–Trinajstić information content (AvgIpc) is 2.96. The van der Waals surface area contributed by atoms with Crippen LogP contribution in [0.1, 0.15) is 75.2 Å². The molecule has 4 N–H and O–H groups in total. The molecule has 0 spiro atoms. The second kappa shape index (κ2) is 15.3. The van der Waals surface area contributed by atoms with Gasteiger partial charge in [0, 0.05) is 24.6 Å². The van der Waals surface area contributed by atoms with E-state index in [0.29, 0.717) is 30.5 Å². The number of hydrogen-bond acceptors (Lipinski definition) is 6. The molecule has 236 valence electrons. The normalized spacial score (nSPS) is 19.2. The number of sulfonamides is 1. The summed E-state index contributed by atoms with van der Waals surface area (Å²) in [7, 11) is -2.26. The number of carbonyl (C=O) groups is 3. The number of benzene rings is 2. The maximum atomic E-state index is 13.3. The SMILES string of the molecule is CC(C)CC(NC(=O)c1cccc(N(C)S(=O)(=O)Cc2ccccc2)c1)C(O)C[C@@H](C)C(=O)NC1CCCC(C(=O)O)C1. The van der Waals surface area contributed by atoms with Gasteiger partial charge in [0.05, 0.1) is 29.5 Å². The Hall–Kier alpha value is -3.44. The number of anilines is 1. The summed E-state index contributed by atoms with van der Waals surface area (Å²) in [5.74, 6) is -2.63. The first-order chi connectivity index (χ1) is 20.3. The van der Waals surface area contributed by atoms with Crippen molar-refractivity contribution in [1.29, 1.82) is 0 Å². The molecular weight excluding hydrogens is 570 g/mol. The second-order valence-corrected chi connectivity index (χ2v) is 14.1. The van der Waals surface area contributed by atoms with Gasteiger partial charge in [-0.25, -0.2) is 8.42 Å². The molecular formula is C32H45N3O7S. The number of hydrogen-bond donors (Lipinski definition) is 4. The van der Waals surface area contributed by atoms with Gasteiger partial charge in [-0.2, -0.15) is 0 Å². The molecule has 10 nitrogen and oxygen atoms in total. The van der Waals surface area contributed by atoms with Gasteiger partial charge in [-0.3, -0.25) is 18.7 Å². The van der Waals surface area contributed by atoms with E-state index in [-0.39, 0.29) is 35.6 Å². The van der Waals surface area contributed by atoms with Crippen LogP contribution in [0.15, 0.2) is 54.6 Å². The Morgan fingerprint density at radius 1 is 1.00 bits per heavy atom. The van der Waals surface area contributed by atoms with Gasteiger partial charge in [0.15, 0.2) is 0 Å². The minimum Gasteiger partial charge on any atom is -0.481 e. The van der Waals surface area contributed by atoms with Crippen molar-refractivity contribution >= 4 is 33.5 Å². The van der Waals surface area contributed by atoms with Crippen molar-refractivity contribution in [3.8, 4) is 0 Å². The van der Waals surface area contributed by atoms with E-state index in [1.165, 1.54) is 13.1 Å². The monoisotopic (exact) mass is 615 g/mol. The standard InChI is InChI=1S/C32H45N3O7S/c1-21(2)16-28(29(36)17-22(3)30(37)33-26-14-8-13-25(18-26)32(39)40)34-31(38)24-12-9-15-27(19-24)35(4)43(41,42)20-23-10-6-5-7-11-23/h5-7,9-12,15,19,21-22,25-26,28-29,36H,8,13-14,16-18,20H2,1-4H3,(H,33,37)(H,34,38)(H,39,40)/t22-,25?,26?,28?,29?/m1/s1. The van der Waals surface area contributed by atoms with Crippen LogP contribution in [0.3, 0.4) is 0 Å². The molecule has 0 saturated heterocycles. The third kappa shape index (κ3) is 10.1. The van der Waals surface area contributed by atoms with Crippen LogP contribution in [-0.2, 0) is 25.4 Å². The third-order valence-electron chi connectivity index (χ3n) is 8.00. The topological polar surface area (TPSA) is 153 Å². The molecule has 0 bridgehead atoms. The molecule has 1 aliphatic rings. The van der Waals surface area contributed by atoms with Crippen LogP contribution in [-0.4, -0.2) is 61.6 Å². The fraction of sp³-hybridized carbons (Fsp3) is 0.531. The lowest BCUT2D eigenvalue weighted by molar-refractivity contribution is -0.143. The van der Waals surface area contributed by atoms with Gasteiger partial charge in [0.25, 0.3) is 5.91 Å². The zero-order valence-electron chi connectivity index (χ0n) is 25.4. The molecule has 1 aliphatic carbocycles. The summed E-state index contributed by atoms with van der Waals surface area (Å²) in [6, 6.07) is 14.3. The van der Waals surface area contributed by atoms with Gasteiger partial charge in [0.2, 0.25) is 15.9 Å². The van der Waals surface area contributed by atoms with Crippen LogP contribution in [0.25, 0.3) is 0 Å². The van der Waals surface area contributed by atoms with Crippen LogP contribution >= 0.6 is 0 Å². The van der Waals surface area contributed by atoms with Crippen LogP contribution in [0.2, 0.25) is 0 Å². The largest absolute Gasteiger partial charge is 0.481 e. The van der Waals surface area contributed by atoms with Gasteiger partial charge in [0.1, 0.15) is 0 Å². The summed E-state index contributed by atoms with van der Waals surface area (Å²) in [5.41, 5.74) is 1.24. The molecule has 43 heavy (non-hydrogen) atoms. The van der Waals surface area contributed by atoms with Gasteiger partial charge in [-0.05, 0) is 61.8 Å². The molecule has 11 heteroatoms. The van der Waals surface area contributed by atoms with E-state index < -0.39 is 45.9 Å². The summed E-state index contributed by atoms with van der Waals surface area (Å²) in [5, 5.41) is 26.3. The number of carboxylic acids is 1. The van der Waals surface area contributed by atoms with Gasteiger partial charge >= 0.3 is 5.97 Å². The summed E-state index contributed by atoms with van der Waals surface area (Å²) >= 11 is 0. The highest BCUT2D eigenvalue weighted by Gasteiger charge is 2.31. The van der Waals surface area contributed by atoms with E-state index in [1.807, 2.05) is 19.9 Å². The first-order valence-electron chi connectivity index (χ1n) is 14.9. The van der Waals surface area contributed by atoms with Crippen LogP contribution < -0.4 is 14.9 Å². The molecule has 2 aromatic carbocycles. The number of aliphatic hydroxyl groups excluding tert-OH is 1. The predicted octanol–water partition coefficient (Wildman–Crippen LogP) is 3.94. The van der Waals surface area contributed by atoms with Crippen molar-refractivity contribution in [2.75, 3.05) is 11.4 Å². The van der Waals surface area contributed by atoms with Gasteiger partial charge in [-0.15, -0.1) is 0 Å². The number of aliphatic hydroxyl groups is 1. The quantitative estimate of drug-likeness (QED) is 0.251. The minimum atomic E-state index is -3.71. The number of nitrogens with zero attached hydrogens (tertiary/aromatic N) is 1. The fourth-order valence-electron chi connectivity index (χ4n) is 5.48. The zero-order chi connectivity index (χ0) is 31.7. The lowest BCUT2D eigenvalue weighted by Crippen LogP contribution is -2.47. The highest BCUT2D eigenvalue weighted by atomic mass is 32.2. The molecule has 1 fully saturated rings. The summed E-state index contributed by atoms with van der Waals surface area (Å²) in [4.78, 5) is 37.6. The Morgan fingerprint density at radius 2 is 1.70 bits per heavy atom. The van der Waals surface area contributed by atoms with E-state index in [2.05, 4.69) is 10.6 Å². The molecule has 0 heterocycles. The summed E-state index contributed by atoms with van der Waals surface area (Å²) in [6.45, 7) is 5.65. The number of aliphatic carboxylic acids is 1. The van der Waals surface area contributed by atoms with Crippen molar-refractivity contribution in [3.05, 3.63) is 65.7 Å². The second-order valence-electron chi connectivity index (χ2n) is 12.1. The molecule has 2 aromatic rings.